The molecule has 0 aliphatic heterocycles. The minimum Gasteiger partial charge on any atom is -0.298 e. The number of nitrogens with zero attached hydrogens (tertiary/aromatic N) is 1. The van der Waals surface area contributed by atoms with Crippen molar-refractivity contribution in [3.63, 3.8) is 0 Å². The van der Waals surface area contributed by atoms with Crippen LogP contribution in [-0.2, 0) is 4.84 Å². The molecule has 0 bridgehead atoms. The van der Waals surface area contributed by atoms with Crippen LogP contribution in [0, 0.1) is 6.92 Å². The molecule has 0 unspecified atom stereocenters. The largest absolute Gasteiger partial charge is 0.437 e. The van der Waals surface area contributed by atoms with Crippen molar-refractivity contribution in [2.75, 3.05) is 5.32 Å². The van der Waals surface area contributed by atoms with E-state index < -0.39 is 6.09 Å². The first kappa shape index (κ1) is 14.1. The number of hydrogen-bond acceptors (Lipinski definition) is 3. The number of rotatable bonds is 3. The van der Waals surface area contributed by atoms with Gasteiger partial charge in [-0.25, -0.2) is 4.79 Å². The molecule has 4 nitrogen and oxygen atoms in total. The summed E-state index contributed by atoms with van der Waals surface area (Å²) < 4.78 is 0. The standard InChI is InChI=1S/C15H13ClN2O2/c1-11-6-8-13(9-7-11)18-15(19)20-17-10-12-4-2-3-5-14(12)16/h2-10H,1H3,(H,18,19)/b17-10+. The summed E-state index contributed by atoms with van der Waals surface area (Å²) in [6.07, 6.45) is 0.731. The number of anilines is 1. The fourth-order valence-electron chi connectivity index (χ4n) is 1.49. The lowest BCUT2D eigenvalue weighted by atomic mass is 10.2. The van der Waals surface area contributed by atoms with Gasteiger partial charge in [0, 0.05) is 16.3 Å². The van der Waals surface area contributed by atoms with Crippen LogP contribution < -0.4 is 5.32 Å². The van der Waals surface area contributed by atoms with Gasteiger partial charge in [-0.2, -0.15) is 0 Å². The Morgan fingerprint density at radius 2 is 1.90 bits per heavy atom. The first-order chi connectivity index (χ1) is 9.65. The van der Waals surface area contributed by atoms with E-state index in [1.807, 2.05) is 31.2 Å². The van der Waals surface area contributed by atoms with E-state index in [0.717, 1.165) is 5.56 Å². The van der Waals surface area contributed by atoms with Crippen LogP contribution in [0.4, 0.5) is 10.5 Å². The molecule has 1 amide bonds. The molecule has 0 saturated heterocycles. The minimum atomic E-state index is -0.655. The van der Waals surface area contributed by atoms with Gasteiger partial charge in [-0.15, -0.1) is 0 Å². The molecule has 0 aliphatic rings. The molecule has 20 heavy (non-hydrogen) atoms. The minimum absolute atomic E-state index is 0.541. The van der Waals surface area contributed by atoms with Crippen molar-refractivity contribution in [2.45, 2.75) is 6.92 Å². The van der Waals surface area contributed by atoms with E-state index in [1.54, 1.807) is 24.3 Å². The molecule has 0 fully saturated rings. The van der Waals surface area contributed by atoms with Crippen LogP contribution in [0.3, 0.4) is 0 Å². The molecule has 0 aliphatic carbocycles. The van der Waals surface area contributed by atoms with Gasteiger partial charge in [0.15, 0.2) is 0 Å². The maximum atomic E-state index is 11.5. The van der Waals surface area contributed by atoms with E-state index >= 15 is 0 Å². The van der Waals surface area contributed by atoms with E-state index in [1.165, 1.54) is 6.21 Å². The quantitative estimate of drug-likeness (QED) is 0.522. The van der Waals surface area contributed by atoms with Gasteiger partial charge in [0.25, 0.3) is 0 Å². The van der Waals surface area contributed by atoms with Crippen molar-refractivity contribution in [1.29, 1.82) is 0 Å². The fourth-order valence-corrected chi connectivity index (χ4v) is 1.67. The topological polar surface area (TPSA) is 50.7 Å². The second kappa shape index (κ2) is 6.73. The van der Waals surface area contributed by atoms with Crippen molar-refractivity contribution in [3.05, 3.63) is 64.7 Å². The third-order valence-corrected chi connectivity index (χ3v) is 2.87. The number of carbonyl (C=O) groups excluding carboxylic acids is 1. The van der Waals surface area contributed by atoms with Crippen molar-refractivity contribution < 1.29 is 9.63 Å². The molecule has 0 radical (unpaired) electrons. The lowest BCUT2D eigenvalue weighted by Gasteiger charge is -2.02. The Morgan fingerprint density at radius 3 is 2.60 bits per heavy atom. The lowest BCUT2D eigenvalue weighted by Crippen LogP contribution is -2.10. The highest BCUT2D eigenvalue weighted by Crippen LogP contribution is 2.12. The zero-order valence-electron chi connectivity index (χ0n) is 10.8. The third-order valence-electron chi connectivity index (χ3n) is 2.53. The van der Waals surface area contributed by atoms with Crippen LogP contribution in [0.15, 0.2) is 53.7 Å². The van der Waals surface area contributed by atoms with Crippen LogP contribution in [0.2, 0.25) is 5.02 Å². The third kappa shape index (κ3) is 4.10. The lowest BCUT2D eigenvalue weighted by molar-refractivity contribution is 0.167. The number of carbonyl (C=O) groups is 1. The summed E-state index contributed by atoms with van der Waals surface area (Å²) in [6, 6.07) is 14.5. The number of aryl methyl sites for hydroxylation is 1. The van der Waals surface area contributed by atoms with Gasteiger partial charge in [0.05, 0.1) is 6.21 Å². The molecule has 2 rings (SSSR count). The van der Waals surface area contributed by atoms with Gasteiger partial charge in [-0.3, -0.25) is 10.2 Å². The Morgan fingerprint density at radius 1 is 1.20 bits per heavy atom. The Kier molecular flexibility index (Phi) is 4.74. The van der Waals surface area contributed by atoms with Crippen LogP contribution >= 0.6 is 11.6 Å². The number of amides is 1. The predicted octanol–water partition coefficient (Wildman–Crippen LogP) is 4.23. The summed E-state index contributed by atoms with van der Waals surface area (Å²) >= 11 is 5.94. The van der Waals surface area contributed by atoms with Crippen LogP contribution in [-0.4, -0.2) is 12.3 Å². The van der Waals surface area contributed by atoms with Crippen LogP contribution in [0.25, 0.3) is 0 Å². The number of halogens is 1. The van der Waals surface area contributed by atoms with Crippen LogP contribution in [0.5, 0.6) is 0 Å². The summed E-state index contributed by atoms with van der Waals surface area (Å²) in [7, 11) is 0. The molecule has 2 aromatic rings. The number of nitrogens with one attached hydrogen (secondary N) is 1. The average molecular weight is 289 g/mol. The van der Waals surface area contributed by atoms with Crippen molar-refractivity contribution in [3.8, 4) is 0 Å². The highest BCUT2D eigenvalue weighted by Gasteiger charge is 2.02. The van der Waals surface area contributed by atoms with Gasteiger partial charge in [0.2, 0.25) is 0 Å². The Labute approximate surface area is 122 Å². The van der Waals surface area contributed by atoms with Gasteiger partial charge in [-0.1, -0.05) is 52.7 Å². The highest BCUT2D eigenvalue weighted by molar-refractivity contribution is 6.33. The summed E-state index contributed by atoms with van der Waals surface area (Å²) in [5.74, 6) is 0. The summed E-state index contributed by atoms with van der Waals surface area (Å²) in [5.41, 5.74) is 2.44. The van der Waals surface area contributed by atoms with E-state index in [-0.39, 0.29) is 0 Å². The maximum absolute atomic E-state index is 11.5. The number of hydrogen-bond donors (Lipinski definition) is 1. The second-order valence-corrected chi connectivity index (χ2v) is 4.53. The molecule has 0 saturated carbocycles. The zero-order valence-corrected chi connectivity index (χ0v) is 11.6. The number of benzene rings is 2. The Balaban J connectivity index is 1.89. The smallest absolute Gasteiger partial charge is 0.298 e. The Hall–Kier alpha value is -2.33. The SMILES string of the molecule is Cc1ccc(NC(=O)O/N=C/c2ccccc2Cl)cc1. The predicted molar refractivity (Wildman–Crippen MR) is 80.3 cm³/mol. The summed E-state index contributed by atoms with van der Waals surface area (Å²) in [5, 5.41) is 6.70. The molecule has 0 atom stereocenters. The molecule has 2 aromatic carbocycles. The normalized spacial score (nSPS) is 10.5. The second-order valence-electron chi connectivity index (χ2n) is 4.13. The molecule has 0 aromatic heterocycles. The molecule has 1 N–H and O–H groups in total. The van der Waals surface area contributed by atoms with E-state index in [4.69, 9.17) is 16.4 Å². The molecule has 0 heterocycles. The summed E-state index contributed by atoms with van der Waals surface area (Å²) in [6.45, 7) is 1.97. The van der Waals surface area contributed by atoms with Crippen molar-refractivity contribution in [2.24, 2.45) is 5.16 Å². The monoisotopic (exact) mass is 288 g/mol. The molecule has 0 spiro atoms. The van der Waals surface area contributed by atoms with Gasteiger partial charge in [0.1, 0.15) is 0 Å². The first-order valence-electron chi connectivity index (χ1n) is 5.98. The van der Waals surface area contributed by atoms with Gasteiger partial charge < -0.3 is 0 Å². The maximum Gasteiger partial charge on any atom is 0.437 e. The zero-order chi connectivity index (χ0) is 14.4. The average Bonchev–Trinajstić information content (AvgIpc) is 2.43. The summed E-state index contributed by atoms with van der Waals surface area (Å²) in [4.78, 5) is 16.2. The van der Waals surface area contributed by atoms with E-state index in [2.05, 4.69) is 10.5 Å². The van der Waals surface area contributed by atoms with E-state index in [0.29, 0.717) is 16.3 Å². The Bertz CT molecular complexity index is 624. The fraction of sp³-hybridized carbons (Fsp3) is 0.0667. The molecular formula is C15H13ClN2O2. The molecular weight excluding hydrogens is 276 g/mol. The van der Waals surface area contributed by atoms with Gasteiger partial charge >= 0.3 is 6.09 Å². The number of oxime groups is 1. The van der Waals surface area contributed by atoms with Crippen molar-refractivity contribution in [1.82, 2.24) is 0 Å². The van der Waals surface area contributed by atoms with Crippen LogP contribution in [0.1, 0.15) is 11.1 Å². The first-order valence-corrected chi connectivity index (χ1v) is 6.35. The molecule has 5 heteroatoms. The highest BCUT2D eigenvalue weighted by atomic mass is 35.5. The van der Waals surface area contributed by atoms with Gasteiger partial charge in [-0.05, 0) is 25.1 Å². The molecule has 102 valence electrons. The van der Waals surface area contributed by atoms with Crippen molar-refractivity contribution >= 4 is 29.6 Å². The van der Waals surface area contributed by atoms with E-state index in [9.17, 15) is 4.79 Å².